The van der Waals surface area contributed by atoms with Crippen LogP contribution in [0.1, 0.15) is 61.1 Å². The molecule has 1 atom stereocenters. The van der Waals surface area contributed by atoms with E-state index in [9.17, 15) is 4.79 Å². The lowest BCUT2D eigenvalue weighted by Gasteiger charge is -2.20. The van der Waals surface area contributed by atoms with Crippen LogP contribution < -0.4 is 0 Å². The normalized spacial score (nSPS) is 21.2. The monoisotopic (exact) mass is 402 g/mol. The van der Waals surface area contributed by atoms with Gasteiger partial charge in [0.1, 0.15) is 0 Å². The summed E-state index contributed by atoms with van der Waals surface area (Å²) in [7, 11) is 0. The topological polar surface area (TPSA) is 51.0 Å². The molecule has 1 aromatic carbocycles. The molecule has 0 spiro atoms. The van der Waals surface area contributed by atoms with Gasteiger partial charge in [0.15, 0.2) is 5.69 Å². The van der Waals surface area contributed by atoms with E-state index in [0.29, 0.717) is 17.5 Å². The van der Waals surface area contributed by atoms with Crippen molar-refractivity contribution in [2.75, 3.05) is 13.1 Å². The fourth-order valence-electron chi connectivity index (χ4n) is 3.55. The summed E-state index contributed by atoms with van der Waals surface area (Å²) < 4.78 is 2.89. The van der Waals surface area contributed by atoms with Gasteiger partial charge in [-0.05, 0) is 62.3 Å². The number of halogens is 1. The number of aromatic nitrogens is 3. The number of carbonyl (C=O) groups excluding carboxylic acids is 1. The Bertz CT molecular complexity index is 766. The smallest absolute Gasteiger partial charge is 0.276 e. The van der Waals surface area contributed by atoms with Gasteiger partial charge in [0, 0.05) is 23.5 Å². The van der Waals surface area contributed by atoms with Crippen molar-refractivity contribution in [2.45, 2.75) is 44.9 Å². The molecular weight excluding hydrogens is 380 g/mol. The molecule has 2 heterocycles. The number of amides is 1. The molecule has 0 radical (unpaired) electrons. The first-order chi connectivity index (χ1) is 12.1. The van der Waals surface area contributed by atoms with Gasteiger partial charge in [-0.2, -0.15) is 0 Å². The van der Waals surface area contributed by atoms with Gasteiger partial charge in [-0.1, -0.05) is 28.1 Å². The summed E-state index contributed by atoms with van der Waals surface area (Å²) in [5.41, 5.74) is 2.51. The number of carbonyl (C=O) groups is 1. The van der Waals surface area contributed by atoms with Crippen molar-refractivity contribution in [2.24, 2.45) is 5.92 Å². The van der Waals surface area contributed by atoms with E-state index in [0.717, 1.165) is 54.6 Å². The van der Waals surface area contributed by atoms with Gasteiger partial charge in [0.05, 0.1) is 11.4 Å². The van der Waals surface area contributed by atoms with Gasteiger partial charge >= 0.3 is 0 Å². The molecule has 0 N–H and O–H groups in total. The zero-order valence-electron chi connectivity index (χ0n) is 14.5. The first-order valence-electron chi connectivity index (χ1n) is 9.14. The highest BCUT2D eigenvalue weighted by molar-refractivity contribution is 9.10. The molecule has 1 aliphatic carbocycles. The molecule has 132 valence electrons. The van der Waals surface area contributed by atoms with Crippen molar-refractivity contribution in [1.29, 1.82) is 0 Å². The van der Waals surface area contributed by atoms with Crippen molar-refractivity contribution in [3.05, 3.63) is 40.1 Å². The molecule has 1 aromatic heterocycles. The van der Waals surface area contributed by atoms with Gasteiger partial charge in [-0.25, -0.2) is 4.68 Å². The third-order valence-corrected chi connectivity index (χ3v) is 5.78. The standard InChI is InChI=1S/C19H23BrN4O/c1-13-3-2-11-23(12-10-13)19(25)17-18(14-4-5-14)24(22-21-17)16-8-6-15(20)7-9-16/h6-9,13-14H,2-5,10-12H2,1H3. The Morgan fingerprint density at radius 2 is 1.88 bits per heavy atom. The SMILES string of the molecule is CC1CCCN(C(=O)c2nnn(-c3ccc(Br)cc3)c2C2CC2)CC1. The van der Waals surface area contributed by atoms with Gasteiger partial charge in [0.25, 0.3) is 5.91 Å². The lowest BCUT2D eigenvalue weighted by atomic mass is 10.0. The van der Waals surface area contributed by atoms with Crippen LogP contribution in [0.3, 0.4) is 0 Å². The first kappa shape index (κ1) is 16.8. The third kappa shape index (κ3) is 3.50. The number of likely N-dealkylation sites (tertiary alicyclic amines) is 1. The molecule has 2 fully saturated rings. The molecule has 1 saturated heterocycles. The van der Waals surface area contributed by atoms with E-state index in [1.54, 1.807) is 0 Å². The van der Waals surface area contributed by atoms with Crippen LogP contribution in [0.5, 0.6) is 0 Å². The molecule has 1 unspecified atom stereocenters. The number of hydrogen-bond acceptors (Lipinski definition) is 3. The van der Waals surface area contributed by atoms with Crippen LogP contribution in [0.4, 0.5) is 0 Å². The average molecular weight is 403 g/mol. The molecule has 25 heavy (non-hydrogen) atoms. The van der Waals surface area contributed by atoms with Gasteiger partial charge in [0.2, 0.25) is 0 Å². The minimum atomic E-state index is 0.0550. The van der Waals surface area contributed by atoms with Crippen molar-refractivity contribution in [3.63, 3.8) is 0 Å². The summed E-state index contributed by atoms with van der Waals surface area (Å²) in [6, 6.07) is 8.00. The van der Waals surface area contributed by atoms with Gasteiger partial charge < -0.3 is 4.90 Å². The van der Waals surface area contributed by atoms with Crippen LogP contribution in [-0.4, -0.2) is 38.9 Å². The Hall–Kier alpha value is -1.69. The van der Waals surface area contributed by atoms with E-state index >= 15 is 0 Å². The maximum Gasteiger partial charge on any atom is 0.276 e. The molecule has 4 rings (SSSR count). The summed E-state index contributed by atoms with van der Waals surface area (Å²) >= 11 is 3.46. The van der Waals surface area contributed by atoms with Crippen LogP contribution in [0.2, 0.25) is 0 Å². The number of benzene rings is 1. The molecule has 5 nitrogen and oxygen atoms in total. The van der Waals surface area contributed by atoms with Crippen molar-refractivity contribution < 1.29 is 4.79 Å². The highest BCUT2D eigenvalue weighted by Crippen LogP contribution is 2.42. The first-order valence-corrected chi connectivity index (χ1v) is 9.93. The predicted octanol–water partition coefficient (Wildman–Crippen LogP) is 4.17. The van der Waals surface area contributed by atoms with Gasteiger partial charge in [-0.3, -0.25) is 4.79 Å². The van der Waals surface area contributed by atoms with E-state index in [-0.39, 0.29) is 5.91 Å². The Morgan fingerprint density at radius 1 is 1.12 bits per heavy atom. The quantitative estimate of drug-likeness (QED) is 0.773. The number of hydrogen-bond donors (Lipinski definition) is 0. The number of nitrogens with zero attached hydrogens (tertiary/aromatic N) is 4. The van der Waals surface area contributed by atoms with Crippen LogP contribution in [0.25, 0.3) is 5.69 Å². The van der Waals surface area contributed by atoms with E-state index in [1.807, 2.05) is 33.8 Å². The van der Waals surface area contributed by atoms with Crippen LogP contribution in [-0.2, 0) is 0 Å². The molecule has 1 aliphatic heterocycles. The maximum absolute atomic E-state index is 13.1. The Kier molecular flexibility index (Phi) is 4.63. The second-order valence-corrected chi connectivity index (χ2v) is 8.23. The minimum absolute atomic E-state index is 0.0550. The van der Waals surface area contributed by atoms with E-state index in [1.165, 1.54) is 6.42 Å². The maximum atomic E-state index is 13.1. The molecule has 2 aromatic rings. The molecule has 1 saturated carbocycles. The van der Waals surface area contributed by atoms with Crippen molar-refractivity contribution in [1.82, 2.24) is 19.9 Å². The molecule has 0 bridgehead atoms. The molecular formula is C19H23BrN4O. The summed E-state index contributed by atoms with van der Waals surface area (Å²) in [5.74, 6) is 1.15. The van der Waals surface area contributed by atoms with E-state index < -0.39 is 0 Å². The second kappa shape index (κ2) is 6.90. The van der Waals surface area contributed by atoms with Crippen molar-refractivity contribution in [3.8, 4) is 5.69 Å². The second-order valence-electron chi connectivity index (χ2n) is 7.31. The summed E-state index contributed by atoms with van der Waals surface area (Å²) in [5, 5.41) is 8.65. The zero-order valence-corrected chi connectivity index (χ0v) is 16.1. The van der Waals surface area contributed by atoms with E-state index in [2.05, 4.69) is 33.2 Å². The largest absolute Gasteiger partial charge is 0.337 e. The minimum Gasteiger partial charge on any atom is -0.337 e. The number of rotatable bonds is 3. The van der Waals surface area contributed by atoms with Gasteiger partial charge in [-0.15, -0.1) is 5.10 Å². The zero-order chi connectivity index (χ0) is 17.4. The van der Waals surface area contributed by atoms with Crippen LogP contribution in [0, 0.1) is 5.92 Å². The average Bonchev–Trinajstić information content (AvgIpc) is 3.39. The Labute approximate surface area is 156 Å². The Balaban J connectivity index is 1.66. The highest BCUT2D eigenvalue weighted by Gasteiger charge is 2.35. The van der Waals surface area contributed by atoms with Crippen molar-refractivity contribution >= 4 is 21.8 Å². The summed E-state index contributed by atoms with van der Waals surface area (Å²) in [6.07, 6.45) is 5.57. The summed E-state index contributed by atoms with van der Waals surface area (Å²) in [4.78, 5) is 15.1. The highest BCUT2D eigenvalue weighted by atomic mass is 79.9. The molecule has 6 heteroatoms. The summed E-state index contributed by atoms with van der Waals surface area (Å²) in [6.45, 7) is 3.93. The fourth-order valence-corrected chi connectivity index (χ4v) is 3.82. The molecule has 1 amide bonds. The third-order valence-electron chi connectivity index (χ3n) is 5.25. The predicted molar refractivity (Wildman–Crippen MR) is 100.0 cm³/mol. The fraction of sp³-hybridized carbons (Fsp3) is 0.526. The lowest BCUT2D eigenvalue weighted by Crippen LogP contribution is -2.33. The Morgan fingerprint density at radius 3 is 2.60 bits per heavy atom. The van der Waals surface area contributed by atoms with E-state index in [4.69, 9.17) is 0 Å². The molecule has 2 aliphatic rings. The van der Waals surface area contributed by atoms with Crippen LogP contribution >= 0.6 is 15.9 Å². The van der Waals surface area contributed by atoms with Crippen LogP contribution in [0.15, 0.2) is 28.7 Å². The lowest BCUT2D eigenvalue weighted by molar-refractivity contribution is 0.0753.